The number of benzene rings is 1. The van der Waals surface area contributed by atoms with E-state index in [4.69, 9.17) is 4.74 Å². The van der Waals surface area contributed by atoms with Crippen LogP contribution in [0.15, 0.2) is 24.3 Å². The summed E-state index contributed by atoms with van der Waals surface area (Å²) in [5.74, 6) is 2.35. The van der Waals surface area contributed by atoms with Gasteiger partial charge in [0.1, 0.15) is 11.9 Å². The molecule has 3 saturated heterocycles. The molecule has 2 bridgehead atoms. The van der Waals surface area contributed by atoms with E-state index in [-0.39, 0.29) is 5.82 Å². The maximum absolute atomic E-state index is 13.7. The van der Waals surface area contributed by atoms with E-state index in [9.17, 15) is 9.65 Å². The largest absolute Gasteiger partial charge is 0.375 e. The minimum Gasteiger partial charge on any atom is -0.375 e. The molecule has 4 fully saturated rings. The molecule has 0 amide bonds. The normalized spacial score (nSPS) is 32.8. The predicted molar refractivity (Wildman–Crippen MR) is 123 cm³/mol. The van der Waals surface area contributed by atoms with Gasteiger partial charge in [0.25, 0.3) is 0 Å². The molecule has 7 heteroatoms. The second-order valence-corrected chi connectivity index (χ2v) is 10.5. The average Bonchev–Trinajstić information content (AvgIpc) is 3.57. The monoisotopic (exact) mass is 447 g/mol. The molecule has 1 N–H and O–H groups in total. The van der Waals surface area contributed by atoms with E-state index in [0.717, 1.165) is 24.3 Å². The van der Waals surface area contributed by atoms with Crippen molar-refractivity contribution in [2.24, 2.45) is 17.8 Å². The summed E-state index contributed by atoms with van der Waals surface area (Å²) in [5, 5.41) is 21.9. The lowest BCUT2D eigenvalue weighted by molar-refractivity contribution is 0.0854. The number of hydrogen-bond acceptors (Lipinski definition) is 6. The number of likely N-dealkylation sites (tertiary alicyclic amines) is 1. The Hall–Kier alpha value is -2.56. The molecule has 172 valence electrons. The number of rotatable bonds is 5. The van der Waals surface area contributed by atoms with Crippen molar-refractivity contribution in [3.8, 4) is 17.3 Å². The lowest BCUT2D eigenvalue weighted by Gasteiger charge is -2.26. The minimum absolute atomic E-state index is 0.316. The number of aryl methyl sites for hydroxylation is 1. The zero-order valence-corrected chi connectivity index (χ0v) is 19.0. The van der Waals surface area contributed by atoms with Crippen molar-refractivity contribution < 1.29 is 9.13 Å². The van der Waals surface area contributed by atoms with Gasteiger partial charge in [-0.1, -0.05) is 6.07 Å². The fourth-order valence-electron chi connectivity index (χ4n) is 6.71. The van der Waals surface area contributed by atoms with Gasteiger partial charge in [-0.25, -0.2) is 4.39 Å². The molecule has 1 aromatic carbocycles. The third-order valence-corrected chi connectivity index (χ3v) is 8.28. The van der Waals surface area contributed by atoms with E-state index in [1.165, 1.54) is 51.0 Å². The number of anilines is 1. The summed E-state index contributed by atoms with van der Waals surface area (Å²) >= 11 is 0. The maximum Gasteiger partial charge on any atom is 0.166 e. The molecule has 3 unspecified atom stereocenters. The van der Waals surface area contributed by atoms with Crippen molar-refractivity contribution in [2.45, 2.75) is 57.3 Å². The molecule has 0 spiro atoms. The molecule has 2 aromatic rings. The summed E-state index contributed by atoms with van der Waals surface area (Å²) in [7, 11) is 0. The molecule has 6 nitrogen and oxygen atoms in total. The number of nitrogens with zero attached hydrogens (tertiary/aromatic N) is 4. The quantitative estimate of drug-likeness (QED) is 0.742. The van der Waals surface area contributed by atoms with Crippen LogP contribution in [0.1, 0.15) is 43.2 Å². The van der Waals surface area contributed by atoms with Crippen LogP contribution in [0.4, 0.5) is 10.2 Å². The first-order chi connectivity index (χ1) is 16.1. The zero-order valence-electron chi connectivity index (χ0n) is 19.0. The standard InChI is InChI=1S/C26H30FN5O/c1-15-2-3-20(27)10-23(15)24-9-16(11-28)26(31-30-24)29-21-6-17-12-32(13-18(17)7-21)14-19-8-22-4-5-25(19)33-22/h2-3,9-10,17-19,21-22,25H,4-8,12-14H2,1H3,(H,29,31)/t17-,18+,19-,21?,22?,25?/m1/s1. The number of ether oxygens (including phenoxy) is 1. The van der Waals surface area contributed by atoms with Gasteiger partial charge in [0.2, 0.25) is 0 Å². The van der Waals surface area contributed by atoms with Gasteiger partial charge in [-0.15, -0.1) is 10.2 Å². The van der Waals surface area contributed by atoms with Crippen LogP contribution in [0, 0.1) is 41.8 Å². The van der Waals surface area contributed by atoms with Crippen LogP contribution < -0.4 is 5.32 Å². The van der Waals surface area contributed by atoms with Crippen LogP contribution in [0.5, 0.6) is 0 Å². The van der Waals surface area contributed by atoms with Crippen molar-refractivity contribution in [2.75, 3.05) is 25.0 Å². The summed E-state index contributed by atoms with van der Waals surface area (Å²) in [6.07, 6.45) is 7.01. The van der Waals surface area contributed by atoms with E-state index in [1.807, 2.05) is 6.92 Å². The Morgan fingerprint density at radius 1 is 1.15 bits per heavy atom. The molecule has 1 aliphatic carbocycles. The summed E-state index contributed by atoms with van der Waals surface area (Å²) in [6.45, 7) is 5.44. The Labute approximate surface area is 194 Å². The highest BCUT2D eigenvalue weighted by Crippen LogP contribution is 2.43. The van der Waals surface area contributed by atoms with Gasteiger partial charge in [0.05, 0.1) is 23.5 Å². The Morgan fingerprint density at radius 2 is 1.97 bits per heavy atom. The van der Waals surface area contributed by atoms with Gasteiger partial charge in [-0.3, -0.25) is 0 Å². The van der Waals surface area contributed by atoms with Gasteiger partial charge in [0.15, 0.2) is 5.82 Å². The third-order valence-electron chi connectivity index (χ3n) is 8.28. The first-order valence-electron chi connectivity index (χ1n) is 12.2. The van der Waals surface area contributed by atoms with Crippen LogP contribution in [0.2, 0.25) is 0 Å². The number of halogens is 1. The molecule has 1 saturated carbocycles. The van der Waals surface area contributed by atoms with E-state index in [1.54, 1.807) is 12.1 Å². The van der Waals surface area contributed by atoms with Gasteiger partial charge in [0, 0.05) is 37.2 Å². The van der Waals surface area contributed by atoms with E-state index in [2.05, 4.69) is 26.5 Å². The van der Waals surface area contributed by atoms with Gasteiger partial charge < -0.3 is 15.0 Å². The smallest absolute Gasteiger partial charge is 0.166 e. The predicted octanol–water partition coefficient (Wildman–Crippen LogP) is 4.15. The fraction of sp³-hybridized carbons (Fsp3) is 0.577. The molecule has 3 aliphatic heterocycles. The molecule has 4 heterocycles. The summed E-state index contributed by atoms with van der Waals surface area (Å²) < 4.78 is 19.8. The number of fused-ring (bicyclic) bond motifs is 3. The highest BCUT2D eigenvalue weighted by molar-refractivity contribution is 5.67. The van der Waals surface area contributed by atoms with Crippen LogP contribution in [0.3, 0.4) is 0 Å². The highest BCUT2D eigenvalue weighted by Gasteiger charge is 2.45. The minimum atomic E-state index is -0.322. The van der Waals surface area contributed by atoms with Crippen molar-refractivity contribution in [1.29, 1.82) is 5.26 Å². The second kappa shape index (κ2) is 8.34. The number of nitrogens with one attached hydrogen (secondary N) is 1. The number of nitriles is 1. The van der Waals surface area contributed by atoms with Crippen LogP contribution in [-0.2, 0) is 4.74 Å². The molecule has 1 aromatic heterocycles. The molecule has 0 radical (unpaired) electrons. The first-order valence-corrected chi connectivity index (χ1v) is 12.2. The first kappa shape index (κ1) is 21.0. The van der Waals surface area contributed by atoms with E-state index >= 15 is 0 Å². The summed E-state index contributed by atoms with van der Waals surface area (Å²) in [6, 6.07) is 8.87. The summed E-state index contributed by atoms with van der Waals surface area (Å²) in [4.78, 5) is 2.66. The molecular formula is C26H30FN5O. The van der Waals surface area contributed by atoms with Crippen molar-refractivity contribution in [3.63, 3.8) is 0 Å². The van der Waals surface area contributed by atoms with E-state index < -0.39 is 0 Å². The van der Waals surface area contributed by atoms with Crippen LogP contribution in [0.25, 0.3) is 11.3 Å². The Balaban J connectivity index is 1.08. The van der Waals surface area contributed by atoms with Crippen molar-refractivity contribution in [3.05, 3.63) is 41.2 Å². The lowest BCUT2D eigenvalue weighted by Crippen LogP contribution is -2.33. The van der Waals surface area contributed by atoms with Gasteiger partial charge >= 0.3 is 0 Å². The Bertz CT molecular complexity index is 1090. The number of aromatic nitrogens is 2. The SMILES string of the molecule is Cc1ccc(F)cc1-c1cc(C#N)c(NC2C[C@@H]3CN(C[C@H]4CC5CCC4O5)C[C@@H]3C2)nn1. The van der Waals surface area contributed by atoms with Gasteiger partial charge in [-0.2, -0.15) is 5.26 Å². The lowest BCUT2D eigenvalue weighted by atomic mass is 9.89. The number of hydrogen-bond donors (Lipinski definition) is 1. The third kappa shape index (κ3) is 4.00. The fourth-order valence-corrected chi connectivity index (χ4v) is 6.71. The van der Waals surface area contributed by atoms with Crippen LogP contribution >= 0.6 is 0 Å². The Kier molecular flexibility index (Phi) is 5.31. The van der Waals surface area contributed by atoms with Crippen LogP contribution in [-0.4, -0.2) is 53.0 Å². The molecular weight excluding hydrogens is 417 g/mol. The maximum atomic E-state index is 13.7. The average molecular weight is 448 g/mol. The van der Waals surface area contributed by atoms with Crippen molar-refractivity contribution in [1.82, 2.24) is 15.1 Å². The molecule has 6 rings (SSSR count). The van der Waals surface area contributed by atoms with E-state index in [0.29, 0.717) is 52.7 Å². The molecule has 33 heavy (non-hydrogen) atoms. The second-order valence-electron chi connectivity index (χ2n) is 10.5. The molecule has 6 atom stereocenters. The van der Waals surface area contributed by atoms with Crippen molar-refractivity contribution >= 4 is 5.82 Å². The zero-order chi connectivity index (χ0) is 22.5. The Morgan fingerprint density at radius 3 is 2.67 bits per heavy atom. The van der Waals surface area contributed by atoms with Gasteiger partial charge in [-0.05, 0) is 74.6 Å². The summed E-state index contributed by atoms with van der Waals surface area (Å²) in [5.41, 5.74) is 2.55. The highest BCUT2D eigenvalue weighted by atomic mass is 19.1. The molecule has 4 aliphatic rings. The topological polar surface area (TPSA) is 74.1 Å².